The maximum absolute atomic E-state index is 12.3. The van der Waals surface area contributed by atoms with Gasteiger partial charge in [-0.2, -0.15) is 4.98 Å². The van der Waals surface area contributed by atoms with Crippen LogP contribution in [0.1, 0.15) is 29.9 Å². The van der Waals surface area contributed by atoms with Gasteiger partial charge in [-0.15, -0.1) is 0 Å². The summed E-state index contributed by atoms with van der Waals surface area (Å²) in [5, 5.41) is 2.97. The first-order valence-corrected chi connectivity index (χ1v) is 8.66. The topological polar surface area (TPSA) is 67.3 Å². The number of carbonyl (C=O) groups is 1. The predicted molar refractivity (Wildman–Crippen MR) is 95.4 cm³/mol. The van der Waals surface area contributed by atoms with Crippen LogP contribution in [0.25, 0.3) is 0 Å². The fraction of sp³-hybridized carbons (Fsp3) is 0.421. The van der Waals surface area contributed by atoms with Crippen molar-refractivity contribution in [2.75, 3.05) is 13.1 Å². The fourth-order valence-corrected chi connectivity index (χ4v) is 2.98. The Bertz CT molecular complexity index is 692. The van der Waals surface area contributed by atoms with Crippen LogP contribution in [-0.4, -0.2) is 40.1 Å². The predicted octanol–water partition coefficient (Wildman–Crippen LogP) is 2.85. The standard InChI is InChI=1S/C19H24N4O2/c1-14-12-18(22-15(2)21-14)25-17-8-10-23(11-9-17)19(24)20-13-16-6-4-3-5-7-16/h3-7,12,17H,8-11,13H2,1-2H3,(H,20,24). The van der Waals surface area contributed by atoms with Crippen molar-refractivity contribution in [3.8, 4) is 5.88 Å². The Morgan fingerprint density at radius 2 is 1.92 bits per heavy atom. The Hall–Kier alpha value is -2.63. The first-order chi connectivity index (χ1) is 12.1. The number of nitrogens with one attached hydrogen (secondary N) is 1. The lowest BCUT2D eigenvalue weighted by Gasteiger charge is -2.32. The molecule has 0 saturated carbocycles. The van der Waals surface area contributed by atoms with Crippen LogP contribution in [0.4, 0.5) is 4.79 Å². The van der Waals surface area contributed by atoms with Gasteiger partial charge < -0.3 is 15.0 Å². The van der Waals surface area contributed by atoms with Crippen LogP contribution in [0, 0.1) is 13.8 Å². The number of aromatic nitrogens is 2. The highest BCUT2D eigenvalue weighted by Crippen LogP contribution is 2.18. The Balaban J connectivity index is 1.45. The summed E-state index contributed by atoms with van der Waals surface area (Å²) in [6.45, 7) is 5.72. The molecule has 0 radical (unpaired) electrons. The molecule has 2 aromatic rings. The zero-order chi connectivity index (χ0) is 17.6. The molecule has 0 unspecified atom stereocenters. The number of hydrogen-bond donors (Lipinski definition) is 1. The molecule has 0 bridgehead atoms. The summed E-state index contributed by atoms with van der Waals surface area (Å²) in [4.78, 5) is 22.7. The van der Waals surface area contributed by atoms with Crippen LogP contribution in [0.3, 0.4) is 0 Å². The normalized spacial score (nSPS) is 15.0. The second-order valence-electron chi connectivity index (χ2n) is 6.34. The SMILES string of the molecule is Cc1cc(OC2CCN(C(=O)NCc3ccccc3)CC2)nc(C)n1. The monoisotopic (exact) mass is 340 g/mol. The number of nitrogens with zero attached hydrogens (tertiary/aromatic N) is 3. The highest BCUT2D eigenvalue weighted by molar-refractivity contribution is 5.74. The lowest BCUT2D eigenvalue weighted by molar-refractivity contribution is 0.107. The van der Waals surface area contributed by atoms with Crippen molar-refractivity contribution >= 4 is 6.03 Å². The van der Waals surface area contributed by atoms with Crippen molar-refractivity contribution in [3.63, 3.8) is 0 Å². The van der Waals surface area contributed by atoms with Gasteiger partial charge in [-0.05, 0) is 19.4 Å². The van der Waals surface area contributed by atoms with Gasteiger partial charge in [-0.3, -0.25) is 0 Å². The van der Waals surface area contributed by atoms with E-state index in [1.165, 1.54) is 0 Å². The molecule has 2 amide bonds. The average Bonchev–Trinajstić information content (AvgIpc) is 2.60. The molecule has 1 aliphatic heterocycles. The van der Waals surface area contributed by atoms with E-state index in [0.29, 0.717) is 31.3 Å². The third-order valence-electron chi connectivity index (χ3n) is 4.25. The number of hydrogen-bond acceptors (Lipinski definition) is 4. The van der Waals surface area contributed by atoms with Gasteiger partial charge in [0.25, 0.3) is 0 Å². The number of urea groups is 1. The van der Waals surface area contributed by atoms with E-state index in [1.807, 2.05) is 55.1 Å². The van der Waals surface area contributed by atoms with E-state index in [9.17, 15) is 4.79 Å². The zero-order valence-electron chi connectivity index (χ0n) is 14.7. The number of aryl methyl sites for hydroxylation is 2. The van der Waals surface area contributed by atoms with Gasteiger partial charge in [0.05, 0.1) is 0 Å². The second kappa shape index (κ2) is 7.96. The zero-order valence-corrected chi connectivity index (χ0v) is 14.7. The van der Waals surface area contributed by atoms with Crippen molar-refractivity contribution in [2.45, 2.75) is 39.3 Å². The minimum absolute atomic E-state index is 0.0176. The molecule has 1 aliphatic rings. The van der Waals surface area contributed by atoms with Gasteiger partial charge in [0.1, 0.15) is 11.9 Å². The van der Waals surface area contributed by atoms with Crippen LogP contribution in [0.2, 0.25) is 0 Å². The number of carbonyl (C=O) groups excluding carboxylic acids is 1. The quantitative estimate of drug-likeness (QED) is 0.929. The fourth-order valence-electron chi connectivity index (χ4n) is 2.98. The Kier molecular flexibility index (Phi) is 5.48. The number of ether oxygens (including phenoxy) is 1. The number of piperidine rings is 1. The summed E-state index contributed by atoms with van der Waals surface area (Å²) in [6, 6.07) is 11.8. The summed E-state index contributed by atoms with van der Waals surface area (Å²) in [5.74, 6) is 1.34. The molecule has 0 spiro atoms. The molecule has 1 saturated heterocycles. The molecule has 1 fully saturated rings. The molecule has 1 aromatic carbocycles. The van der Waals surface area contributed by atoms with Gasteiger partial charge in [0, 0.05) is 44.2 Å². The molecule has 132 valence electrons. The molecule has 1 N–H and O–H groups in total. The lowest BCUT2D eigenvalue weighted by Crippen LogP contribution is -2.46. The molecule has 0 atom stereocenters. The van der Waals surface area contributed by atoms with E-state index in [2.05, 4.69) is 15.3 Å². The number of amides is 2. The Morgan fingerprint density at radius 3 is 2.60 bits per heavy atom. The van der Waals surface area contributed by atoms with Gasteiger partial charge in [-0.1, -0.05) is 30.3 Å². The molecule has 25 heavy (non-hydrogen) atoms. The number of benzene rings is 1. The van der Waals surface area contributed by atoms with Gasteiger partial charge >= 0.3 is 6.03 Å². The highest BCUT2D eigenvalue weighted by Gasteiger charge is 2.24. The molecular formula is C19H24N4O2. The van der Waals surface area contributed by atoms with Crippen LogP contribution >= 0.6 is 0 Å². The summed E-state index contributed by atoms with van der Waals surface area (Å²) in [7, 11) is 0. The van der Waals surface area contributed by atoms with Crippen molar-refractivity contribution < 1.29 is 9.53 Å². The molecule has 2 heterocycles. The smallest absolute Gasteiger partial charge is 0.317 e. The summed E-state index contributed by atoms with van der Waals surface area (Å²) >= 11 is 0. The molecule has 6 nitrogen and oxygen atoms in total. The summed E-state index contributed by atoms with van der Waals surface area (Å²) < 4.78 is 5.96. The van der Waals surface area contributed by atoms with E-state index in [0.717, 1.165) is 24.1 Å². The van der Waals surface area contributed by atoms with E-state index < -0.39 is 0 Å². The van der Waals surface area contributed by atoms with E-state index in [4.69, 9.17) is 4.74 Å². The molecule has 1 aromatic heterocycles. The molecule has 6 heteroatoms. The van der Waals surface area contributed by atoms with Crippen molar-refractivity contribution in [2.24, 2.45) is 0 Å². The maximum Gasteiger partial charge on any atom is 0.317 e. The average molecular weight is 340 g/mol. The van der Waals surface area contributed by atoms with E-state index in [-0.39, 0.29) is 12.1 Å². The van der Waals surface area contributed by atoms with Crippen LogP contribution < -0.4 is 10.1 Å². The number of likely N-dealkylation sites (tertiary alicyclic amines) is 1. The van der Waals surface area contributed by atoms with Crippen LogP contribution in [-0.2, 0) is 6.54 Å². The minimum Gasteiger partial charge on any atom is -0.474 e. The van der Waals surface area contributed by atoms with E-state index in [1.54, 1.807) is 0 Å². The van der Waals surface area contributed by atoms with Crippen molar-refractivity contribution in [3.05, 3.63) is 53.5 Å². The third kappa shape index (κ3) is 4.92. The first-order valence-electron chi connectivity index (χ1n) is 8.66. The molecular weight excluding hydrogens is 316 g/mol. The first kappa shape index (κ1) is 17.2. The Labute approximate surface area is 148 Å². The summed E-state index contributed by atoms with van der Waals surface area (Å²) in [5.41, 5.74) is 2.00. The molecule has 0 aliphatic carbocycles. The van der Waals surface area contributed by atoms with Gasteiger partial charge in [0.15, 0.2) is 0 Å². The van der Waals surface area contributed by atoms with Crippen molar-refractivity contribution in [1.82, 2.24) is 20.2 Å². The van der Waals surface area contributed by atoms with Crippen molar-refractivity contribution in [1.29, 1.82) is 0 Å². The second-order valence-corrected chi connectivity index (χ2v) is 6.34. The highest BCUT2D eigenvalue weighted by atomic mass is 16.5. The third-order valence-corrected chi connectivity index (χ3v) is 4.25. The van der Waals surface area contributed by atoms with Gasteiger partial charge in [0.2, 0.25) is 5.88 Å². The largest absolute Gasteiger partial charge is 0.474 e. The van der Waals surface area contributed by atoms with Crippen LogP contribution in [0.15, 0.2) is 36.4 Å². The van der Waals surface area contributed by atoms with Gasteiger partial charge in [-0.25, -0.2) is 9.78 Å². The number of rotatable bonds is 4. The maximum atomic E-state index is 12.3. The lowest BCUT2D eigenvalue weighted by atomic mass is 10.1. The summed E-state index contributed by atoms with van der Waals surface area (Å²) in [6.07, 6.45) is 1.70. The Morgan fingerprint density at radius 1 is 1.20 bits per heavy atom. The van der Waals surface area contributed by atoms with Crippen LogP contribution in [0.5, 0.6) is 5.88 Å². The molecule has 3 rings (SSSR count). The minimum atomic E-state index is -0.0176. The van der Waals surface area contributed by atoms with E-state index >= 15 is 0 Å².